The average molecular weight is 340 g/mol. The molecule has 0 aliphatic rings. The highest BCUT2D eigenvalue weighted by Crippen LogP contribution is 2.09. The average Bonchev–Trinajstić information content (AvgIpc) is 3.24. The van der Waals surface area contributed by atoms with Crippen LogP contribution < -0.4 is 5.32 Å². The van der Waals surface area contributed by atoms with Gasteiger partial charge in [0.2, 0.25) is 5.95 Å². The smallest absolute Gasteiger partial charge is 0.328 e. The van der Waals surface area contributed by atoms with E-state index in [1.807, 2.05) is 30.3 Å². The van der Waals surface area contributed by atoms with Gasteiger partial charge in [0.25, 0.3) is 5.91 Å². The molecule has 2 heterocycles. The summed E-state index contributed by atoms with van der Waals surface area (Å²) in [6.45, 7) is 2.02. The number of rotatable bonds is 6. The monoisotopic (exact) mass is 340 g/mol. The van der Waals surface area contributed by atoms with Gasteiger partial charge in [-0.25, -0.2) is 14.5 Å². The zero-order valence-corrected chi connectivity index (χ0v) is 13.4. The lowest BCUT2D eigenvalue weighted by molar-refractivity contribution is -0.140. The highest BCUT2D eigenvalue weighted by molar-refractivity contribution is 6.02. The predicted octanol–water partition coefficient (Wildman–Crippen LogP) is 1.42. The molecule has 3 aromatic rings. The maximum absolute atomic E-state index is 12.2. The summed E-state index contributed by atoms with van der Waals surface area (Å²) in [6, 6.07) is 8.89. The number of carbonyl (C=O) groups is 2. The van der Waals surface area contributed by atoms with Gasteiger partial charge in [0, 0.05) is 6.20 Å². The minimum absolute atomic E-state index is 0.167. The number of aliphatic carboxylic acids is 1. The van der Waals surface area contributed by atoms with E-state index in [9.17, 15) is 9.59 Å². The molecule has 9 heteroatoms. The van der Waals surface area contributed by atoms with Gasteiger partial charge in [0.05, 0.1) is 18.3 Å². The summed E-state index contributed by atoms with van der Waals surface area (Å²) in [7, 11) is 0. The highest BCUT2D eigenvalue weighted by atomic mass is 16.4. The fourth-order valence-corrected chi connectivity index (χ4v) is 2.15. The van der Waals surface area contributed by atoms with Crippen LogP contribution in [-0.4, -0.2) is 41.5 Å². The van der Waals surface area contributed by atoms with E-state index >= 15 is 0 Å². The number of carbonyl (C=O) groups excluding carboxylic acids is 1. The van der Waals surface area contributed by atoms with Crippen LogP contribution >= 0.6 is 0 Å². The zero-order valence-electron chi connectivity index (χ0n) is 13.4. The van der Waals surface area contributed by atoms with Crippen LogP contribution in [-0.2, 0) is 11.3 Å². The van der Waals surface area contributed by atoms with Crippen molar-refractivity contribution in [2.45, 2.75) is 19.5 Å². The molecule has 128 valence electrons. The number of nitrogens with one attached hydrogen (secondary N) is 1. The van der Waals surface area contributed by atoms with Crippen molar-refractivity contribution in [1.29, 1.82) is 0 Å². The number of anilines is 1. The number of carboxylic acid groups (broad SMARTS) is 1. The van der Waals surface area contributed by atoms with Gasteiger partial charge in [-0.2, -0.15) is 5.10 Å². The van der Waals surface area contributed by atoms with Gasteiger partial charge >= 0.3 is 5.97 Å². The van der Waals surface area contributed by atoms with Crippen molar-refractivity contribution >= 4 is 17.8 Å². The molecule has 0 fully saturated rings. The van der Waals surface area contributed by atoms with E-state index in [0.717, 1.165) is 5.56 Å². The van der Waals surface area contributed by atoms with E-state index in [-0.39, 0.29) is 11.5 Å². The molecule has 0 aliphatic carbocycles. The maximum atomic E-state index is 12.2. The third-order valence-electron chi connectivity index (χ3n) is 3.57. The number of nitrogens with zero attached hydrogens (tertiary/aromatic N) is 5. The second-order valence-electron chi connectivity index (χ2n) is 5.43. The van der Waals surface area contributed by atoms with E-state index in [4.69, 9.17) is 5.11 Å². The van der Waals surface area contributed by atoms with Gasteiger partial charge in [-0.15, -0.1) is 5.10 Å². The summed E-state index contributed by atoms with van der Waals surface area (Å²) in [6.07, 6.45) is 4.20. The number of hydrogen-bond donors (Lipinski definition) is 2. The molecular weight excluding hydrogens is 324 g/mol. The molecule has 25 heavy (non-hydrogen) atoms. The second kappa shape index (κ2) is 6.95. The number of aromatic nitrogens is 5. The Labute approximate surface area is 142 Å². The lowest BCUT2D eigenvalue weighted by Crippen LogP contribution is -2.16. The normalized spacial score (nSPS) is 11.9. The van der Waals surface area contributed by atoms with Gasteiger partial charge in [0.15, 0.2) is 0 Å². The standard InChI is InChI=1S/C16H16N6O3/c1-11(15(24)25)22-9-13(7-18-22)14(23)19-16-17-10-21(20-16)8-12-5-3-2-4-6-12/h2-7,9-11H,8H2,1H3,(H,24,25)(H,19,20,23). The van der Waals surface area contributed by atoms with Gasteiger partial charge in [0.1, 0.15) is 12.4 Å². The van der Waals surface area contributed by atoms with Crippen LogP contribution in [0.3, 0.4) is 0 Å². The minimum Gasteiger partial charge on any atom is -0.480 e. The molecule has 2 aromatic heterocycles. The Morgan fingerprint density at radius 2 is 2.04 bits per heavy atom. The van der Waals surface area contributed by atoms with Crippen molar-refractivity contribution < 1.29 is 14.7 Å². The van der Waals surface area contributed by atoms with Gasteiger partial charge < -0.3 is 5.11 Å². The number of carboxylic acids is 1. The van der Waals surface area contributed by atoms with Crippen LogP contribution in [0.2, 0.25) is 0 Å². The fraction of sp³-hybridized carbons (Fsp3) is 0.188. The first kappa shape index (κ1) is 16.4. The van der Waals surface area contributed by atoms with Crippen molar-refractivity contribution in [3.63, 3.8) is 0 Å². The van der Waals surface area contributed by atoms with E-state index in [1.54, 1.807) is 4.68 Å². The minimum atomic E-state index is -1.03. The predicted molar refractivity (Wildman–Crippen MR) is 88.1 cm³/mol. The van der Waals surface area contributed by atoms with Crippen molar-refractivity contribution in [1.82, 2.24) is 24.5 Å². The first-order valence-electron chi connectivity index (χ1n) is 7.54. The fourth-order valence-electron chi connectivity index (χ4n) is 2.15. The summed E-state index contributed by atoms with van der Waals surface area (Å²) >= 11 is 0. The van der Waals surface area contributed by atoms with Crippen LogP contribution in [0.4, 0.5) is 5.95 Å². The van der Waals surface area contributed by atoms with Crippen LogP contribution in [0.1, 0.15) is 28.9 Å². The largest absolute Gasteiger partial charge is 0.480 e. The van der Waals surface area contributed by atoms with Crippen LogP contribution in [0.15, 0.2) is 49.1 Å². The SMILES string of the molecule is CC(C(=O)O)n1cc(C(=O)Nc2ncn(Cc3ccccc3)n2)cn1. The van der Waals surface area contributed by atoms with Gasteiger partial charge in [-0.3, -0.25) is 14.8 Å². The molecule has 1 aromatic carbocycles. The van der Waals surface area contributed by atoms with E-state index in [2.05, 4.69) is 20.5 Å². The number of amides is 1. The molecule has 3 rings (SSSR count). The Hall–Kier alpha value is -3.49. The van der Waals surface area contributed by atoms with Crippen molar-refractivity contribution in [2.75, 3.05) is 5.32 Å². The molecule has 9 nitrogen and oxygen atoms in total. The molecular formula is C16H16N6O3. The third kappa shape index (κ3) is 3.89. The van der Waals surface area contributed by atoms with Gasteiger partial charge in [-0.1, -0.05) is 30.3 Å². The molecule has 0 saturated heterocycles. The maximum Gasteiger partial charge on any atom is 0.328 e. The summed E-state index contributed by atoms with van der Waals surface area (Å²) in [4.78, 5) is 27.2. The van der Waals surface area contributed by atoms with E-state index < -0.39 is 17.9 Å². The lowest BCUT2D eigenvalue weighted by Gasteiger charge is -2.05. The molecule has 2 N–H and O–H groups in total. The molecule has 0 saturated carbocycles. The Balaban J connectivity index is 1.65. The molecule has 0 aliphatic heterocycles. The molecule has 0 bridgehead atoms. The summed E-state index contributed by atoms with van der Waals surface area (Å²) in [5, 5.41) is 19.6. The van der Waals surface area contributed by atoms with E-state index in [1.165, 1.54) is 30.3 Å². The second-order valence-corrected chi connectivity index (χ2v) is 5.43. The van der Waals surface area contributed by atoms with Gasteiger partial charge in [-0.05, 0) is 12.5 Å². The zero-order chi connectivity index (χ0) is 17.8. The number of hydrogen-bond acceptors (Lipinski definition) is 5. The highest BCUT2D eigenvalue weighted by Gasteiger charge is 2.17. The molecule has 1 amide bonds. The molecule has 0 radical (unpaired) electrons. The quantitative estimate of drug-likeness (QED) is 0.701. The van der Waals surface area contributed by atoms with Crippen molar-refractivity contribution in [2.24, 2.45) is 0 Å². The van der Waals surface area contributed by atoms with Crippen molar-refractivity contribution in [3.05, 3.63) is 60.2 Å². The Bertz CT molecular complexity index is 886. The topological polar surface area (TPSA) is 115 Å². The molecule has 1 unspecified atom stereocenters. The lowest BCUT2D eigenvalue weighted by atomic mass is 10.2. The van der Waals surface area contributed by atoms with Crippen LogP contribution in [0, 0.1) is 0 Å². The Morgan fingerprint density at radius 1 is 1.28 bits per heavy atom. The third-order valence-corrected chi connectivity index (χ3v) is 3.57. The summed E-state index contributed by atoms with van der Waals surface area (Å²) < 4.78 is 2.82. The first-order valence-corrected chi connectivity index (χ1v) is 7.54. The molecule has 0 spiro atoms. The van der Waals surface area contributed by atoms with Crippen LogP contribution in [0.25, 0.3) is 0 Å². The van der Waals surface area contributed by atoms with Crippen molar-refractivity contribution in [3.8, 4) is 0 Å². The number of benzene rings is 1. The summed E-state index contributed by atoms with van der Waals surface area (Å²) in [5.41, 5.74) is 1.29. The Kier molecular flexibility index (Phi) is 4.55. The first-order chi connectivity index (χ1) is 12.0. The van der Waals surface area contributed by atoms with E-state index in [0.29, 0.717) is 6.54 Å². The molecule has 1 atom stereocenters. The van der Waals surface area contributed by atoms with Crippen LogP contribution in [0.5, 0.6) is 0 Å². The summed E-state index contributed by atoms with van der Waals surface area (Å²) in [5.74, 6) is -1.32. The Morgan fingerprint density at radius 3 is 2.76 bits per heavy atom.